The molecule has 1 aromatic carbocycles. The second kappa shape index (κ2) is 7.22. The van der Waals surface area contributed by atoms with Crippen LogP contribution in [0.3, 0.4) is 0 Å². The van der Waals surface area contributed by atoms with Gasteiger partial charge in [0.25, 0.3) is 0 Å². The predicted molar refractivity (Wildman–Crippen MR) is 98.0 cm³/mol. The summed E-state index contributed by atoms with van der Waals surface area (Å²) in [5.41, 5.74) is 2.18. The minimum Gasteiger partial charge on any atom is -0.389 e. The molecule has 0 spiro atoms. The summed E-state index contributed by atoms with van der Waals surface area (Å²) in [6, 6.07) is 5.39. The summed E-state index contributed by atoms with van der Waals surface area (Å²) in [5.74, 6) is 0. The number of rotatable bonds is 6. The molecule has 0 atom stereocenters. The Morgan fingerprint density at radius 2 is 2.04 bits per heavy atom. The highest BCUT2D eigenvalue weighted by molar-refractivity contribution is 6.35. The van der Waals surface area contributed by atoms with Gasteiger partial charge in [0.1, 0.15) is 5.15 Å². The number of aromatic nitrogens is 2. The summed E-state index contributed by atoms with van der Waals surface area (Å²) in [5, 5.41) is 19.7. The summed E-state index contributed by atoms with van der Waals surface area (Å²) < 4.78 is 1.74. The normalized spacial score (nSPS) is 16.2. The van der Waals surface area contributed by atoms with E-state index in [4.69, 9.17) is 34.8 Å². The van der Waals surface area contributed by atoms with Crippen LogP contribution in [0, 0.1) is 6.92 Å². The molecule has 0 unspecified atom stereocenters. The first-order valence-electron chi connectivity index (χ1n) is 7.97. The number of nitrogens with zero attached hydrogens (tertiary/aromatic N) is 2. The van der Waals surface area contributed by atoms with E-state index >= 15 is 0 Å². The Morgan fingerprint density at radius 3 is 2.67 bits per heavy atom. The molecule has 1 aliphatic carbocycles. The van der Waals surface area contributed by atoms with Crippen molar-refractivity contribution in [1.29, 1.82) is 0 Å². The van der Waals surface area contributed by atoms with Gasteiger partial charge < -0.3 is 10.4 Å². The largest absolute Gasteiger partial charge is 0.389 e. The molecule has 4 nitrogen and oxygen atoms in total. The number of nitrogens with one attached hydrogen (secondary N) is 1. The van der Waals surface area contributed by atoms with Crippen molar-refractivity contribution in [1.82, 2.24) is 15.1 Å². The van der Waals surface area contributed by atoms with E-state index in [0.717, 1.165) is 36.1 Å². The minimum absolute atomic E-state index is 0.486. The standard InChI is InChI=1S/C17H20Cl3N3O/c1-11-14(8-21-10-17(24)5-2-6-17)16(20)23(22-11)9-12-3-4-13(18)7-15(12)19/h3-4,7,21,24H,2,5-6,8-10H2,1H3. The first kappa shape index (κ1) is 18.0. The maximum absolute atomic E-state index is 10.1. The van der Waals surface area contributed by atoms with Gasteiger partial charge in [0.15, 0.2) is 0 Å². The smallest absolute Gasteiger partial charge is 0.132 e. The fraction of sp³-hybridized carbons (Fsp3) is 0.471. The third kappa shape index (κ3) is 3.89. The molecule has 2 aromatic rings. The number of benzene rings is 1. The van der Waals surface area contributed by atoms with Crippen LogP contribution in [-0.4, -0.2) is 27.0 Å². The van der Waals surface area contributed by atoms with Gasteiger partial charge in [-0.05, 0) is 43.9 Å². The van der Waals surface area contributed by atoms with Crippen molar-refractivity contribution in [2.45, 2.75) is 44.9 Å². The maximum Gasteiger partial charge on any atom is 0.132 e. The van der Waals surface area contributed by atoms with Crippen molar-refractivity contribution in [3.8, 4) is 0 Å². The van der Waals surface area contributed by atoms with Crippen LogP contribution in [0.4, 0.5) is 0 Å². The number of aryl methyl sites for hydroxylation is 1. The van der Waals surface area contributed by atoms with Gasteiger partial charge in [-0.1, -0.05) is 40.9 Å². The van der Waals surface area contributed by atoms with Gasteiger partial charge in [-0.25, -0.2) is 4.68 Å². The summed E-state index contributed by atoms with van der Waals surface area (Å²) in [6.07, 6.45) is 2.82. The van der Waals surface area contributed by atoms with E-state index in [-0.39, 0.29) is 0 Å². The molecule has 1 aliphatic rings. The van der Waals surface area contributed by atoms with Crippen molar-refractivity contribution in [2.24, 2.45) is 0 Å². The van der Waals surface area contributed by atoms with Crippen LogP contribution >= 0.6 is 34.8 Å². The lowest BCUT2D eigenvalue weighted by molar-refractivity contribution is -0.0314. The molecule has 0 amide bonds. The fourth-order valence-corrected chi connectivity index (χ4v) is 3.66. The molecule has 0 aliphatic heterocycles. The Bertz CT molecular complexity index is 741. The molecule has 1 saturated carbocycles. The van der Waals surface area contributed by atoms with Gasteiger partial charge in [-0.3, -0.25) is 0 Å². The third-order valence-electron chi connectivity index (χ3n) is 4.56. The molecule has 24 heavy (non-hydrogen) atoms. The average Bonchev–Trinajstić information content (AvgIpc) is 2.76. The van der Waals surface area contributed by atoms with E-state index in [1.807, 2.05) is 13.0 Å². The Balaban J connectivity index is 1.69. The van der Waals surface area contributed by atoms with E-state index in [1.165, 1.54) is 0 Å². The van der Waals surface area contributed by atoms with Crippen LogP contribution < -0.4 is 5.32 Å². The highest BCUT2D eigenvalue weighted by Crippen LogP contribution is 2.31. The van der Waals surface area contributed by atoms with Gasteiger partial charge in [-0.2, -0.15) is 5.10 Å². The van der Waals surface area contributed by atoms with Gasteiger partial charge in [0.05, 0.1) is 17.8 Å². The zero-order chi connectivity index (χ0) is 17.3. The van der Waals surface area contributed by atoms with Crippen LogP contribution in [0.25, 0.3) is 0 Å². The average molecular weight is 389 g/mol. The van der Waals surface area contributed by atoms with Crippen molar-refractivity contribution < 1.29 is 5.11 Å². The molecule has 0 bridgehead atoms. The van der Waals surface area contributed by atoms with Crippen molar-refractivity contribution in [3.63, 3.8) is 0 Å². The molecular weight excluding hydrogens is 369 g/mol. The first-order chi connectivity index (χ1) is 11.4. The Morgan fingerprint density at radius 1 is 1.29 bits per heavy atom. The molecule has 3 rings (SSSR count). The topological polar surface area (TPSA) is 50.1 Å². The molecule has 1 heterocycles. The number of halogens is 3. The SMILES string of the molecule is Cc1nn(Cc2ccc(Cl)cc2Cl)c(Cl)c1CNCC1(O)CCC1. The number of hydrogen-bond acceptors (Lipinski definition) is 3. The fourth-order valence-electron chi connectivity index (χ4n) is 2.89. The number of aliphatic hydroxyl groups is 1. The molecule has 1 fully saturated rings. The molecule has 2 N–H and O–H groups in total. The van der Waals surface area contributed by atoms with E-state index in [1.54, 1.807) is 16.8 Å². The predicted octanol–water partition coefficient (Wildman–Crippen LogP) is 4.20. The maximum atomic E-state index is 10.1. The zero-order valence-electron chi connectivity index (χ0n) is 13.5. The van der Waals surface area contributed by atoms with Gasteiger partial charge >= 0.3 is 0 Å². The summed E-state index contributed by atoms with van der Waals surface area (Å²) in [7, 11) is 0. The van der Waals surface area contributed by atoms with E-state index in [9.17, 15) is 5.11 Å². The molecule has 0 saturated heterocycles. The summed E-state index contributed by atoms with van der Waals surface area (Å²) in [6.45, 7) is 3.58. The van der Waals surface area contributed by atoms with Crippen molar-refractivity contribution >= 4 is 34.8 Å². The minimum atomic E-state index is -0.548. The van der Waals surface area contributed by atoms with E-state index < -0.39 is 5.60 Å². The van der Waals surface area contributed by atoms with Crippen molar-refractivity contribution in [3.05, 3.63) is 50.2 Å². The molecule has 1 aromatic heterocycles. The van der Waals surface area contributed by atoms with Crippen molar-refractivity contribution in [2.75, 3.05) is 6.54 Å². The molecule has 7 heteroatoms. The Hall–Kier alpha value is -0.780. The van der Waals surface area contributed by atoms with Crippen LogP contribution in [0.15, 0.2) is 18.2 Å². The van der Waals surface area contributed by atoms with Crippen LogP contribution in [0.1, 0.15) is 36.1 Å². The van der Waals surface area contributed by atoms with E-state index in [0.29, 0.717) is 34.8 Å². The van der Waals surface area contributed by atoms with Gasteiger partial charge in [0.2, 0.25) is 0 Å². The second-order valence-corrected chi connectivity index (χ2v) is 7.63. The molecule has 0 radical (unpaired) electrons. The van der Waals surface area contributed by atoms with Crippen LogP contribution in [0.5, 0.6) is 0 Å². The Kier molecular flexibility index (Phi) is 5.42. The van der Waals surface area contributed by atoms with Crippen LogP contribution in [-0.2, 0) is 13.1 Å². The van der Waals surface area contributed by atoms with E-state index in [2.05, 4.69) is 10.4 Å². The molecule has 130 valence electrons. The lowest BCUT2D eigenvalue weighted by Crippen LogP contribution is -2.46. The highest BCUT2D eigenvalue weighted by Gasteiger charge is 2.33. The second-order valence-electron chi connectivity index (χ2n) is 6.43. The monoisotopic (exact) mass is 387 g/mol. The molecular formula is C17H20Cl3N3O. The highest BCUT2D eigenvalue weighted by atomic mass is 35.5. The summed E-state index contributed by atoms with van der Waals surface area (Å²) >= 11 is 18.6. The summed E-state index contributed by atoms with van der Waals surface area (Å²) in [4.78, 5) is 0. The first-order valence-corrected chi connectivity index (χ1v) is 9.10. The lowest BCUT2D eigenvalue weighted by Gasteiger charge is -2.36. The zero-order valence-corrected chi connectivity index (χ0v) is 15.7. The quantitative estimate of drug-likeness (QED) is 0.779. The van der Waals surface area contributed by atoms with Gasteiger partial charge in [-0.15, -0.1) is 0 Å². The third-order valence-corrected chi connectivity index (χ3v) is 5.57. The van der Waals surface area contributed by atoms with Crippen LogP contribution in [0.2, 0.25) is 15.2 Å². The lowest BCUT2D eigenvalue weighted by atomic mass is 9.80. The number of hydrogen-bond donors (Lipinski definition) is 2. The Labute approximate surface area is 156 Å². The van der Waals surface area contributed by atoms with Gasteiger partial charge in [0, 0.05) is 28.7 Å².